The maximum absolute atomic E-state index is 12.2. The van der Waals surface area contributed by atoms with Crippen LogP contribution in [-0.4, -0.2) is 11.4 Å². The second kappa shape index (κ2) is 6.71. The molecule has 19 heavy (non-hydrogen) atoms. The van der Waals surface area contributed by atoms with Crippen molar-refractivity contribution in [3.05, 3.63) is 19.9 Å². The molecule has 0 unspecified atom stereocenters. The number of carbonyl (C=O) groups excluding carboxylic acids is 1. The van der Waals surface area contributed by atoms with Crippen LogP contribution >= 0.6 is 33.9 Å². The van der Waals surface area contributed by atoms with Crippen molar-refractivity contribution in [2.75, 3.05) is 0 Å². The molecule has 5 heteroatoms. The Morgan fingerprint density at radius 2 is 1.95 bits per heavy atom. The lowest BCUT2D eigenvalue weighted by Gasteiger charge is -2.29. The molecule has 0 spiro atoms. The van der Waals surface area contributed by atoms with Crippen LogP contribution in [0.3, 0.4) is 0 Å². The standard InChI is InChI=1S/C14H17IN2OS/c15-12-8-11(9-19-12)13(18)17-14(10-16)6-4-2-1-3-5-7-14/h8-9H,1-7H2,(H,17,18). The van der Waals surface area contributed by atoms with Gasteiger partial charge in [0, 0.05) is 5.38 Å². The predicted molar refractivity (Wildman–Crippen MR) is 85.2 cm³/mol. The van der Waals surface area contributed by atoms with Crippen molar-refractivity contribution in [2.45, 2.75) is 50.5 Å². The average molecular weight is 388 g/mol. The molecule has 1 aliphatic rings. The molecule has 2 rings (SSSR count). The third-order valence-corrected chi connectivity index (χ3v) is 5.39. The molecule has 0 aliphatic heterocycles. The highest BCUT2D eigenvalue weighted by Gasteiger charge is 2.32. The van der Waals surface area contributed by atoms with Crippen molar-refractivity contribution >= 4 is 39.8 Å². The Morgan fingerprint density at radius 1 is 1.32 bits per heavy atom. The van der Waals surface area contributed by atoms with Gasteiger partial charge in [-0.3, -0.25) is 4.79 Å². The first-order chi connectivity index (χ1) is 9.15. The van der Waals surface area contributed by atoms with Gasteiger partial charge in [0.25, 0.3) is 5.91 Å². The minimum Gasteiger partial charge on any atom is -0.334 e. The van der Waals surface area contributed by atoms with Crippen LogP contribution in [0.4, 0.5) is 0 Å². The Morgan fingerprint density at radius 3 is 2.47 bits per heavy atom. The number of thiophene rings is 1. The molecule has 1 saturated carbocycles. The fraction of sp³-hybridized carbons (Fsp3) is 0.571. The average Bonchev–Trinajstić information content (AvgIpc) is 2.80. The maximum atomic E-state index is 12.2. The van der Waals surface area contributed by atoms with E-state index < -0.39 is 5.54 Å². The van der Waals surface area contributed by atoms with Crippen molar-refractivity contribution < 1.29 is 4.79 Å². The molecule has 1 amide bonds. The van der Waals surface area contributed by atoms with Gasteiger partial charge in [-0.2, -0.15) is 5.26 Å². The first-order valence-electron chi connectivity index (χ1n) is 6.63. The molecule has 1 heterocycles. The van der Waals surface area contributed by atoms with E-state index in [2.05, 4.69) is 34.0 Å². The largest absolute Gasteiger partial charge is 0.334 e. The maximum Gasteiger partial charge on any atom is 0.253 e. The van der Waals surface area contributed by atoms with Gasteiger partial charge in [-0.05, 0) is 41.5 Å². The third-order valence-electron chi connectivity index (χ3n) is 3.60. The van der Waals surface area contributed by atoms with Crippen LogP contribution in [0.25, 0.3) is 0 Å². The van der Waals surface area contributed by atoms with Gasteiger partial charge in [0.05, 0.1) is 14.5 Å². The second-order valence-electron chi connectivity index (χ2n) is 5.06. The zero-order valence-electron chi connectivity index (χ0n) is 10.7. The molecule has 1 fully saturated rings. The van der Waals surface area contributed by atoms with Crippen molar-refractivity contribution in [1.82, 2.24) is 5.32 Å². The fourth-order valence-corrected chi connectivity index (χ4v) is 3.82. The highest BCUT2D eigenvalue weighted by Crippen LogP contribution is 2.27. The van der Waals surface area contributed by atoms with Gasteiger partial charge in [-0.15, -0.1) is 11.3 Å². The number of amides is 1. The first kappa shape index (κ1) is 14.8. The molecular formula is C14H17IN2OS. The van der Waals surface area contributed by atoms with Gasteiger partial charge in [-0.1, -0.05) is 32.1 Å². The molecule has 0 radical (unpaired) electrons. The number of nitriles is 1. The monoisotopic (exact) mass is 388 g/mol. The van der Waals surface area contributed by atoms with Crippen LogP contribution in [0.1, 0.15) is 55.3 Å². The topological polar surface area (TPSA) is 52.9 Å². The van der Waals surface area contributed by atoms with Gasteiger partial charge in [0.2, 0.25) is 0 Å². The predicted octanol–water partition coefficient (Wildman–Crippen LogP) is 4.09. The summed E-state index contributed by atoms with van der Waals surface area (Å²) in [5.41, 5.74) is 0.0105. The van der Waals surface area contributed by atoms with Gasteiger partial charge in [0.15, 0.2) is 0 Å². The zero-order chi connectivity index (χ0) is 13.7. The quantitative estimate of drug-likeness (QED) is 0.776. The molecule has 3 nitrogen and oxygen atoms in total. The van der Waals surface area contributed by atoms with Crippen LogP contribution in [0, 0.1) is 14.2 Å². The summed E-state index contributed by atoms with van der Waals surface area (Å²) in [6.45, 7) is 0. The van der Waals surface area contributed by atoms with Crippen molar-refractivity contribution in [1.29, 1.82) is 5.26 Å². The summed E-state index contributed by atoms with van der Waals surface area (Å²) >= 11 is 3.75. The molecule has 0 aromatic carbocycles. The van der Waals surface area contributed by atoms with Gasteiger partial charge < -0.3 is 5.32 Å². The molecule has 1 aromatic rings. The highest BCUT2D eigenvalue weighted by atomic mass is 127. The molecule has 1 N–H and O–H groups in total. The van der Waals surface area contributed by atoms with Crippen LogP contribution in [-0.2, 0) is 0 Å². The van der Waals surface area contributed by atoms with Crippen molar-refractivity contribution in [2.24, 2.45) is 0 Å². The number of hydrogen-bond donors (Lipinski definition) is 1. The summed E-state index contributed by atoms with van der Waals surface area (Å²) in [7, 11) is 0. The van der Waals surface area contributed by atoms with E-state index in [1.54, 1.807) is 11.3 Å². The molecular weight excluding hydrogens is 371 g/mol. The lowest BCUT2D eigenvalue weighted by Crippen LogP contribution is -2.47. The Bertz CT molecular complexity index is 484. The minimum absolute atomic E-state index is 0.110. The number of rotatable bonds is 2. The number of nitrogens with zero attached hydrogens (tertiary/aromatic N) is 1. The summed E-state index contributed by atoms with van der Waals surface area (Å²) in [6, 6.07) is 4.23. The van der Waals surface area contributed by atoms with E-state index in [-0.39, 0.29) is 5.91 Å². The smallest absolute Gasteiger partial charge is 0.253 e. The first-order valence-corrected chi connectivity index (χ1v) is 8.59. The summed E-state index contributed by atoms with van der Waals surface area (Å²) in [5, 5.41) is 14.3. The van der Waals surface area contributed by atoms with E-state index >= 15 is 0 Å². The minimum atomic E-state index is -0.662. The fourth-order valence-electron chi connectivity index (χ4n) is 2.49. The van der Waals surface area contributed by atoms with E-state index in [1.165, 1.54) is 6.42 Å². The number of halogens is 1. The Balaban J connectivity index is 2.08. The summed E-state index contributed by atoms with van der Waals surface area (Å²) < 4.78 is 1.09. The second-order valence-corrected chi connectivity index (χ2v) is 7.86. The third kappa shape index (κ3) is 3.93. The molecule has 1 aromatic heterocycles. The van der Waals surface area contributed by atoms with E-state index in [0.717, 1.165) is 41.4 Å². The Hall–Kier alpha value is -0.610. The normalized spacial score (nSPS) is 18.9. The van der Waals surface area contributed by atoms with Crippen LogP contribution in [0.15, 0.2) is 11.4 Å². The van der Waals surface area contributed by atoms with Gasteiger partial charge in [0.1, 0.15) is 5.54 Å². The molecule has 102 valence electrons. The van der Waals surface area contributed by atoms with Crippen LogP contribution in [0.5, 0.6) is 0 Å². The summed E-state index contributed by atoms with van der Waals surface area (Å²) in [5.74, 6) is -0.110. The van der Waals surface area contributed by atoms with Gasteiger partial charge in [-0.25, -0.2) is 0 Å². The van der Waals surface area contributed by atoms with Gasteiger partial charge >= 0.3 is 0 Å². The van der Waals surface area contributed by atoms with Crippen molar-refractivity contribution in [3.8, 4) is 6.07 Å². The molecule has 1 aliphatic carbocycles. The summed E-state index contributed by atoms with van der Waals surface area (Å²) in [6.07, 6.45) is 7.17. The number of carbonyl (C=O) groups is 1. The van der Waals surface area contributed by atoms with Crippen LogP contribution in [0.2, 0.25) is 0 Å². The van der Waals surface area contributed by atoms with Crippen molar-refractivity contribution in [3.63, 3.8) is 0 Å². The molecule has 0 bridgehead atoms. The SMILES string of the molecule is N#CC1(NC(=O)c2csc(I)c2)CCCCCCC1. The molecule has 0 atom stereocenters. The number of hydrogen-bond acceptors (Lipinski definition) is 3. The highest BCUT2D eigenvalue weighted by molar-refractivity contribution is 14.1. The Labute approximate surface area is 131 Å². The lowest BCUT2D eigenvalue weighted by molar-refractivity contribution is 0.0908. The van der Waals surface area contributed by atoms with E-state index in [1.807, 2.05) is 11.4 Å². The van der Waals surface area contributed by atoms with E-state index in [0.29, 0.717) is 5.56 Å². The van der Waals surface area contributed by atoms with E-state index in [9.17, 15) is 10.1 Å². The van der Waals surface area contributed by atoms with Crippen LogP contribution < -0.4 is 5.32 Å². The lowest BCUT2D eigenvalue weighted by atomic mass is 9.85. The molecule has 0 saturated heterocycles. The zero-order valence-corrected chi connectivity index (χ0v) is 13.7. The number of nitrogens with one attached hydrogen (secondary N) is 1. The Kier molecular flexibility index (Phi) is 5.22. The van der Waals surface area contributed by atoms with E-state index in [4.69, 9.17) is 0 Å². The summed E-state index contributed by atoms with van der Waals surface area (Å²) in [4.78, 5) is 12.2.